The Kier molecular flexibility index (Phi) is 4.36. The molecule has 0 saturated carbocycles. The molecule has 3 nitrogen and oxygen atoms in total. The number of allylic oxidation sites excluding steroid dienone is 2. The number of hydrogen-bond acceptors (Lipinski definition) is 2. The molecule has 0 saturated heterocycles. The van der Waals surface area contributed by atoms with Gasteiger partial charge in [0.05, 0.1) is 11.3 Å². The van der Waals surface area contributed by atoms with Crippen molar-refractivity contribution in [2.75, 3.05) is 0 Å². The molecule has 0 bridgehead atoms. The Balaban J connectivity index is 2.48. The van der Waals surface area contributed by atoms with Crippen molar-refractivity contribution in [3.8, 4) is 0 Å². The summed E-state index contributed by atoms with van der Waals surface area (Å²) in [4.78, 5) is 10.0. The van der Waals surface area contributed by atoms with E-state index in [4.69, 9.17) is 0 Å². The van der Waals surface area contributed by atoms with Gasteiger partial charge in [0.2, 0.25) is 5.70 Å². The van der Waals surface area contributed by atoms with E-state index in [0.29, 0.717) is 6.42 Å². The second-order valence-electron chi connectivity index (χ2n) is 3.82. The summed E-state index contributed by atoms with van der Waals surface area (Å²) in [5, 5.41) is 10.4. The Hall–Kier alpha value is -1.12. The number of nitrogens with zero attached hydrogens (tertiary/aromatic N) is 1. The molecule has 1 aliphatic rings. The molecule has 0 aromatic carbocycles. The SMILES string of the molecule is C=C(CC1=CCCCCCC1)[N+](=O)[O-]. The third-order valence-electron chi connectivity index (χ3n) is 2.57. The van der Waals surface area contributed by atoms with Gasteiger partial charge in [-0.2, -0.15) is 0 Å². The fourth-order valence-electron chi connectivity index (χ4n) is 1.75. The van der Waals surface area contributed by atoms with Crippen LogP contribution in [-0.4, -0.2) is 4.92 Å². The maximum atomic E-state index is 10.4. The Bertz CT molecular complexity index is 256. The van der Waals surface area contributed by atoms with E-state index in [1.807, 2.05) is 0 Å². The average Bonchev–Trinajstić information content (AvgIpc) is 2.08. The molecule has 0 spiro atoms. The van der Waals surface area contributed by atoms with E-state index in [-0.39, 0.29) is 10.6 Å². The van der Waals surface area contributed by atoms with Gasteiger partial charge < -0.3 is 0 Å². The predicted molar refractivity (Wildman–Crippen MR) is 56.5 cm³/mol. The standard InChI is InChI=1S/C11H17NO2/c1-10(12(13)14)9-11-7-5-3-2-4-6-8-11/h7H,1-6,8-9H2. The second-order valence-corrected chi connectivity index (χ2v) is 3.82. The quantitative estimate of drug-likeness (QED) is 0.393. The average molecular weight is 195 g/mol. The molecular formula is C11H17NO2. The minimum Gasteiger partial charge on any atom is -0.259 e. The molecule has 0 heterocycles. The van der Waals surface area contributed by atoms with Crippen molar-refractivity contribution in [1.82, 2.24) is 0 Å². The van der Waals surface area contributed by atoms with E-state index in [9.17, 15) is 10.1 Å². The van der Waals surface area contributed by atoms with Crippen molar-refractivity contribution >= 4 is 0 Å². The number of nitro groups is 1. The van der Waals surface area contributed by atoms with Crippen LogP contribution in [0.4, 0.5) is 0 Å². The third kappa shape index (κ3) is 3.73. The lowest BCUT2D eigenvalue weighted by Gasteiger charge is -2.09. The van der Waals surface area contributed by atoms with E-state index in [2.05, 4.69) is 12.7 Å². The summed E-state index contributed by atoms with van der Waals surface area (Å²) in [7, 11) is 0. The molecule has 0 aliphatic heterocycles. The fraction of sp³-hybridized carbons (Fsp3) is 0.636. The first-order chi connectivity index (χ1) is 6.70. The first-order valence-corrected chi connectivity index (χ1v) is 5.20. The lowest BCUT2D eigenvalue weighted by atomic mass is 9.97. The van der Waals surface area contributed by atoms with Crippen molar-refractivity contribution in [2.24, 2.45) is 0 Å². The molecule has 0 unspecified atom stereocenters. The summed E-state index contributed by atoms with van der Waals surface area (Å²) in [6.45, 7) is 3.46. The first kappa shape index (κ1) is 11.0. The number of rotatable bonds is 3. The largest absolute Gasteiger partial charge is 0.259 e. The van der Waals surface area contributed by atoms with Crippen LogP contribution in [0.15, 0.2) is 23.9 Å². The van der Waals surface area contributed by atoms with Crippen LogP contribution in [0, 0.1) is 10.1 Å². The maximum Gasteiger partial charge on any atom is 0.243 e. The van der Waals surface area contributed by atoms with Gasteiger partial charge in [0.1, 0.15) is 0 Å². The van der Waals surface area contributed by atoms with Crippen LogP contribution in [-0.2, 0) is 0 Å². The Labute approximate surface area is 84.7 Å². The second kappa shape index (κ2) is 5.58. The monoisotopic (exact) mass is 195 g/mol. The summed E-state index contributed by atoms with van der Waals surface area (Å²) < 4.78 is 0. The summed E-state index contributed by atoms with van der Waals surface area (Å²) in [6.07, 6.45) is 9.61. The Morgan fingerprint density at radius 1 is 1.43 bits per heavy atom. The topological polar surface area (TPSA) is 43.1 Å². The third-order valence-corrected chi connectivity index (χ3v) is 2.57. The highest BCUT2D eigenvalue weighted by atomic mass is 16.6. The Morgan fingerprint density at radius 2 is 2.14 bits per heavy atom. The molecule has 1 aliphatic carbocycles. The molecule has 0 aromatic heterocycles. The highest BCUT2D eigenvalue weighted by molar-refractivity contribution is 5.09. The summed E-state index contributed by atoms with van der Waals surface area (Å²) >= 11 is 0. The lowest BCUT2D eigenvalue weighted by molar-refractivity contribution is -0.426. The van der Waals surface area contributed by atoms with Gasteiger partial charge in [-0.15, -0.1) is 0 Å². The molecule has 0 amide bonds. The van der Waals surface area contributed by atoms with Crippen LogP contribution in [0.1, 0.15) is 44.9 Å². The van der Waals surface area contributed by atoms with Gasteiger partial charge in [-0.25, -0.2) is 0 Å². The molecule has 0 radical (unpaired) electrons. The molecule has 0 fully saturated rings. The highest BCUT2D eigenvalue weighted by Crippen LogP contribution is 2.21. The number of hydrogen-bond donors (Lipinski definition) is 0. The van der Waals surface area contributed by atoms with Gasteiger partial charge in [-0.1, -0.05) is 24.5 Å². The zero-order valence-corrected chi connectivity index (χ0v) is 8.50. The molecule has 78 valence electrons. The molecule has 3 heteroatoms. The van der Waals surface area contributed by atoms with E-state index in [1.165, 1.54) is 24.8 Å². The van der Waals surface area contributed by atoms with Crippen molar-refractivity contribution in [2.45, 2.75) is 44.9 Å². The zero-order chi connectivity index (χ0) is 10.4. The normalized spacial score (nSPS) is 17.9. The van der Waals surface area contributed by atoms with Gasteiger partial charge in [0, 0.05) is 0 Å². The maximum absolute atomic E-state index is 10.4. The van der Waals surface area contributed by atoms with Crippen molar-refractivity contribution in [3.63, 3.8) is 0 Å². The van der Waals surface area contributed by atoms with Crippen LogP contribution < -0.4 is 0 Å². The molecule has 0 N–H and O–H groups in total. The summed E-state index contributed by atoms with van der Waals surface area (Å²) in [5.74, 6) is 0. The lowest BCUT2D eigenvalue weighted by Crippen LogP contribution is -2.00. The molecular weight excluding hydrogens is 178 g/mol. The van der Waals surface area contributed by atoms with Gasteiger partial charge in [-0.3, -0.25) is 10.1 Å². The molecule has 0 atom stereocenters. The van der Waals surface area contributed by atoms with Crippen LogP contribution >= 0.6 is 0 Å². The van der Waals surface area contributed by atoms with Gasteiger partial charge >= 0.3 is 0 Å². The van der Waals surface area contributed by atoms with E-state index >= 15 is 0 Å². The van der Waals surface area contributed by atoms with E-state index in [0.717, 1.165) is 19.3 Å². The summed E-state index contributed by atoms with van der Waals surface area (Å²) in [6, 6.07) is 0. The predicted octanol–water partition coefficient (Wildman–Crippen LogP) is 3.45. The Morgan fingerprint density at radius 3 is 2.86 bits per heavy atom. The van der Waals surface area contributed by atoms with Crippen molar-refractivity contribution < 1.29 is 4.92 Å². The van der Waals surface area contributed by atoms with Crippen molar-refractivity contribution in [1.29, 1.82) is 0 Å². The van der Waals surface area contributed by atoms with Gasteiger partial charge in [0.15, 0.2) is 0 Å². The fourth-order valence-corrected chi connectivity index (χ4v) is 1.75. The zero-order valence-electron chi connectivity index (χ0n) is 8.50. The smallest absolute Gasteiger partial charge is 0.243 e. The highest BCUT2D eigenvalue weighted by Gasteiger charge is 2.10. The first-order valence-electron chi connectivity index (χ1n) is 5.20. The van der Waals surface area contributed by atoms with Crippen LogP contribution in [0.5, 0.6) is 0 Å². The van der Waals surface area contributed by atoms with Crippen LogP contribution in [0.3, 0.4) is 0 Å². The molecule has 14 heavy (non-hydrogen) atoms. The van der Waals surface area contributed by atoms with E-state index in [1.54, 1.807) is 0 Å². The van der Waals surface area contributed by atoms with Crippen LogP contribution in [0.25, 0.3) is 0 Å². The summed E-state index contributed by atoms with van der Waals surface area (Å²) in [5.41, 5.74) is 1.32. The molecule has 1 rings (SSSR count). The minimum atomic E-state index is -0.375. The minimum absolute atomic E-state index is 0.122. The van der Waals surface area contributed by atoms with Gasteiger partial charge in [0.25, 0.3) is 0 Å². The van der Waals surface area contributed by atoms with Crippen LogP contribution in [0.2, 0.25) is 0 Å². The van der Waals surface area contributed by atoms with Crippen molar-refractivity contribution in [3.05, 3.63) is 34.0 Å². The molecule has 0 aromatic rings. The van der Waals surface area contributed by atoms with Gasteiger partial charge in [-0.05, 0) is 32.3 Å². The van der Waals surface area contributed by atoms with E-state index < -0.39 is 0 Å².